The first-order valence-corrected chi connectivity index (χ1v) is 5.41. The fourth-order valence-corrected chi connectivity index (χ4v) is 1.47. The van der Waals surface area contributed by atoms with E-state index in [-0.39, 0.29) is 12.4 Å². The molecule has 0 saturated heterocycles. The Kier molecular flexibility index (Phi) is 3.55. The highest BCUT2D eigenvalue weighted by Crippen LogP contribution is 2.08. The zero-order valence-corrected chi connectivity index (χ0v) is 9.67. The van der Waals surface area contributed by atoms with Gasteiger partial charge in [-0.25, -0.2) is 4.98 Å². The third kappa shape index (κ3) is 3.17. The molecule has 0 aliphatic carbocycles. The van der Waals surface area contributed by atoms with Gasteiger partial charge in [-0.15, -0.1) is 0 Å². The molecule has 0 fully saturated rings. The predicted molar refractivity (Wildman–Crippen MR) is 63.9 cm³/mol. The molecule has 1 heterocycles. The maximum absolute atomic E-state index is 11.7. The highest BCUT2D eigenvalue weighted by molar-refractivity contribution is 5.81. The minimum atomic E-state index is 0.0168. The lowest BCUT2D eigenvalue weighted by molar-refractivity contribution is -0.120. The largest absolute Gasteiger partial charge is 0.486 e. The second-order valence-corrected chi connectivity index (χ2v) is 3.77. The summed E-state index contributed by atoms with van der Waals surface area (Å²) < 4.78 is 7.20. The molecule has 1 aromatic carbocycles. The lowest BCUT2D eigenvalue weighted by Gasteiger charge is -2.05. The number of Topliss-reactive ketones (excluding diaryl/α,β-unsaturated/α-hetero) is 1. The summed E-state index contributed by atoms with van der Waals surface area (Å²) in [5.41, 5.74) is 0. The third-order valence-electron chi connectivity index (χ3n) is 2.42. The zero-order valence-electron chi connectivity index (χ0n) is 9.67. The summed E-state index contributed by atoms with van der Waals surface area (Å²) in [6.45, 7) is 0.0802. The molecule has 0 amide bonds. The van der Waals surface area contributed by atoms with E-state index < -0.39 is 0 Å². The third-order valence-corrected chi connectivity index (χ3v) is 2.42. The molecule has 2 aromatic rings. The molecule has 0 aliphatic rings. The van der Waals surface area contributed by atoms with Crippen LogP contribution in [-0.2, 0) is 18.3 Å². The number of ketones is 1. The highest BCUT2D eigenvalue weighted by atomic mass is 16.5. The Labute approximate surface area is 99.9 Å². The number of aromatic nitrogens is 2. The first kappa shape index (κ1) is 11.4. The average molecular weight is 230 g/mol. The van der Waals surface area contributed by atoms with Crippen molar-refractivity contribution in [3.63, 3.8) is 0 Å². The number of para-hydroxylation sites is 1. The summed E-state index contributed by atoms with van der Waals surface area (Å²) in [5.74, 6) is 1.48. The van der Waals surface area contributed by atoms with Crippen LogP contribution < -0.4 is 4.74 Å². The quantitative estimate of drug-likeness (QED) is 0.783. The van der Waals surface area contributed by atoms with Crippen LogP contribution in [0.1, 0.15) is 5.82 Å². The van der Waals surface area contributed by atoms with Gasteiger partial charge in [0, 0.05) is 19.4 Å². The second-order valence-electron chi connectivity index (χ2n) is 3.77. The number of nitrogens with zero attached hydrogens (tertiary/aromatic N) is 2. The van der Waals surface area contributed by atoms with Gasteiger partial charge in [-0.3, -0.25) is 4.79 Å². The Bertz CT molecular complexity index is 491. The van der Waals surface area contributed by atoms with Gasteiger partial charge in [0.1, 0.15) is 18.2 Å². The molecular weight excluding hydrogens is 216 g/mol. The molecule has 88 valence electrons. The van der Waals surface area contributed by atoms with Crippen molar-refractivity contribution in [1.29, 1.82) is 0 Å². The number of ether oxygens (including phenoxy) is 1. The number of rotatable bonds is 5. The van der Waals surface area contributed by atoms with Crippen LogP contribution >= 0.6 is 0 Å². The normalized spacial score (nSPS) is 10.2. The van der Waals surface area contributed by atoms with E-state index in [4.69, 9.17) is 4.74 Å². The van der Waals surface area contributed by atoms with Gasteiger partial charge in [0.05, 0.1) is 6.42 Å². The van der Waals surface area contributed by atoms with Gasteiger partial charge in [0.15, 0.2) is 5.78 Å². The molecule has 2 rings (SSSR count). The van der Waals surface area contributed by atoms with E-state index >= 15 is 0 Å². The first-order chi connectivity index (χ1) is 8.25. The lowest BCUT2D eigenvalue weighted by Crippen LogP contribution is -2.16. The summed E-state index contributed by atoms with van der Waals surface area (Å²) in [5, 5.41) is 0. The molecule has 0 saturated carbocycles. The van der Waals surface area contributed by atoms with Crippen LogP contribution in [0, 0.1) is 0 Å². The van der Waals surface area contributed by atoms with Crippen molar-refractivity contribution in [2.45, 2.75) is 6.42 Å². The monoisotopic (exact) mass is 230 g/mol. The van der Waals surface area contributed by atoms with E-state index in [9.17, 15) is 4.79 Å². The number of carbonyl (C=O) groups excluding carboxylic acids is 1. The molecule has 17 heavy (non-hydrogen) atoms. The van der Waals surface area contributed by atoms with Crippen LogP contribution in [0.4, 0.5) is 0 Å². The fourth-order valence-electron chi connectivity index (χ4n) is 1.47. The number of aryl methyl sites for hydroxylation is 1. The maximum atomic E-state index is 11.7. The summed E-state index contributed by atoms with van der Waals surface area (Å²) >= 11 is 0. The summed E-state index contributed by atoms with van der Waals surface area (Å²) in [7, 11) is 1.87. The Morgan fingerprint density at radius 1 is 1.35 bits per heavy atom. The van der Waals surface area contributed by atoms with Crippen molar-refractivity contribution < 1.29 is 9.53 Å². The van der Waals surface area contributed by atoms with Gasteiger partial charge in [0.25, 0.3) is 0 Å². The molecule has 4 heteroatoms. The molecule has 0 N–H and O–H groups in total. The first-order valence-electron chi connectivity index (χ1n) is 5.41. The van der Waals surface area contributed by atoms with Crippen LogP contribution in [0.2, 0.25) is 0 Å². The van der Waals surface area contributed by atoms with Crippen LogP contribution in [-0.4, -0.2) is 21.9 Å². The van der Waals surface area contributed by atoms with Crippen molar-refractivity contribution in [1.82, 2.24) is 9.55 Å². The van der Waals surface area contributed by atoms with Crippen molar-refractivity contribution >= 4 is 5.78 Å². The number of hydrogen-bond acceptors (Lipinski definition) is 3. The highest BCUT2D eigenvalue weighted by Gasteiger charge is 2.08. The Hall–Kier alpha value is -2.10. The fraction of sp³-hybridized carbons (Fsp3) is 0.231. The van der Waals surface area contributed by atoms with Crippen molar-refractivity contribution in [3.05, 3.63) is 48.5 Å². The molecule has 0 spiro atoms. The van der Waals surface area contributed by atoms with Crippen molar-refractivity contribution in [2.24, 2.45) is 7.05 Å². The number of hydrogen-bond donors (Lipinski definition) is 0. The summed E-state index contributed by atoms with van der Waals surface area (Å²) in [4.78, 5) is 15.8. The minimum Gasteiger partial charge on any atom is -0.486 e. The average Bonchev–Trinajstić information content (AvgIpc) is 2.74. The number of benzene rings is 1. The van der Waals surface area contributed by atoms with Crippen molar-refractivity contribution in [2.75, 3.05) is 6.61 Å². The molecule has 4 nitrogen and oxygen atoms in total. The molecule has 1 aromatic heterocycles. The van der Waals surface area contributed by atoms with Gasteiger partial charge in [-0.2, -0.15) is 0 Å². The summed E-state index contributed by atoms with van der Waals surface area (Å²) in [6, 6.07) is 9.31. The van der Waals surface area contributed by atoms with Gasteiger partial charge in [0.2, 0.25) is 0 Å². The minimum absolute atomic E-state index is 0.0168. The number of carbonyl (C=O) groups is 1. The smallest absolute Gasteiger partial charge is 0.177 e. The summed E-state index contributed by atoms with van der Waals surface area (Å²) in [6.07, 6.45) is 3.80. The predicted octanol–water partition coefficient (Wildman–Crippen LogP) is 1.61. The van der Waals surface area contributed by atoms with Crippen LogP contribution in [0.15, 0.2) is 42.7 Å². The zero-order chi connectivity index (χ0) is 12.1. The van der Waals surface area contributed by atoms with Crippen LogP contribution in [0.5, 0.6) is 5.75 Å². The second kappa shape index (κ2) is 5.30. The SMILES string of the molecule is Cn1ccnc1CC(=O)COc1ccccc1. The standard InChI is InChI=1S/C13H14N2O2/c1-15-8-7-14-13(15)9-11(16)10-17-12-5-3-2-4-6-12/h2-8H,9-10H2,1H3. The molecule has 0 aliphatic heterocycles. The van der Waals surface area contributed by atoms with E-state index in [1.54, 1.807) is 6.20 Å². The molecule has 0 radical (unpaired) electrons. The van der Waals surface area contributed by atoms with Gasteiger partial charge < -0.3 is 9.30 Å². The molecule has 0 unspecified atom stereocenters. The van der Waals surface area contributed by atoms with E-state index in [1.807, 2.05) is 48.1 Å². The molecule has 0 atom stereocenters. The van der Waals surface area contributed by atoms with E-state index in [0.717, 1.165) is 5.82 Å². The topological polar surface area (TPSA) is 44.1 Å². The Morgan fingerprint density at radius 2 is 2.12 bits per heavy atom. The molecular formula is C13H14N2O2. The van der Waals surface area contributed by atoms with Crippen molar-refractivity contribution in [3.8, 4) is 5.75 Å². The Morgan fingerprint density at radius 3 is 2.76 bits per heavy atom. The maximum Gasteiger partial charge on any atom is 0.177 e. The lowest BCUT2D eigenvalue weighted by atomic mass is 10.3. The Balaban J connectivity index is 1.85. The van der Waals surface area contributed by atoms with Gasteiger partial charge >= 0.3 is 0 Å². The van der Waals surface area contributed by atoms with E-state index in [2.05, 4.69) is 4.98 Å². The van der Waals surface area contributed by atoms with E-state index in [1.165, 1.54) is 0 Å². The van der Waals surface area contributed by atoms with Crippen LogP contribution in [0.25, 0.3) is 0 Å². The number of imidazole rings is 1. The van der Waals surface area contributed by atoms with Gasteiger partial charge in [-0.1, -0.05) is 18.2 Å². The van der Waals surface area contributed by atoms with E-state index in [0.29, 0.717) is 12.2 Å². The van der Waals surface area contributed by atoms with Gasteiger partial charge in [-0.05, 0) is 12.1 Å². The van der Waals surface area contributed by atoms with Crippen LogP contribution in [0.3, 0.4) is 0 Å². The molecule has 0 bridgehead atoms.